The third-order valence-electron chi connectivity index (χ3n) is 4.80. The van der Waals surface area contributed by atoms with Crippen molar-refractivity contribution in [3.8, 4) is 0 Å². The quantitative estimate of drug-likeness (QED) is 0.474. The van der Waals surface area contributed by atoms with Crippen molar-refractivity contribution < 1.29 is 0 Å². The van der Waals surface area contributed by atoms with Gasteiger partial charge in [-0.1, -0.05) is 65.7 Å². The highest BCUT2D eigenvalue weighted by Crippen LogP contribution is 2.51. The van der Waals surface area contributed by atoms with Crippen molar-refractivity contribution in [2.24, 2.45) is 11.3 Å². The molecule has 1 N–H and O–H groups in total. The molecule has 1 rings (SSSR count). The van der Waals surface area contributed by atoms with Gasteiger partial charge in [0.05, 0.1) is 0 Å². The third kappa shape index (κ3) is 6.22. The zero-order chi connectivity index (χ0) is 13.3. The number of hydrogen-bond acceptors (Lipinski definition) is 1. The highest BCUT2D eigenvalue weighted by molar-refractivity contribution is 4.96. The van der Waals surface area contributed by atoms with Crippen LogP contribution in [0.3, 0.4) is 0 Å². The van der Waals surface area contributed by atoms with Crippen LogP contribution in [-0.4, -0.2) is 13.1 Å². The first kappa shape index (κ1) is 16.0. The topological polar surface area (TPSA) is 12.0 Å². The minimum absolute atomic E-state index is 0.681. The largest absolute Gasteiger partial charge is 0.316 e. The summed E-state index contributed by atoms with van der Waals surface area (Å²) in [5, 5.41) is 3.68. The zero-order valence-corrected chi connectivity index (χ0v) is 13.1. The maximum absolute atomic E-state index is 3.68. The van der Waals surface area contributed by atoms with Crippen molar-refractivity contribution in [1.82, 2.24) is 5.32 Å². The van der Waals surface area contributed by atoms with Crippen LogP contribution in [0.5, 0.6) is 0 Å². The highest BCUT2D eigenvalue weighted by Gasteiger charge is 2.44. The highest BCUT2D eigenvalue weighted by atomic mass is 14.9. The Morgan fingerprint density at radius 1 is 0.889 bits per heavy atom. The smallest absolute Gasteiger partial charge is 0.00103 e. The number of unbranched alkanes of at least 4 members (excludes halogenated alkanes) is 7. The lowest BCUT2D eigenvalue weighted by molar-refractivity contribution is 0.337. The molecule has 0 aliphatic heterocycles. The molecular formula is C17H35N. The van der Waals surface area contributed by atoms with Gasteiger partial charge >= 0.3 is 0 Å². The number of hydrogen-bond donors (Lipinski definition) is 1. The summed E-state index contributed by atoms with van der Waals surface area (Å²) < 4.78 is 0. The summed E-state index contributed by atoms with van der Waals surface area (Å²) in [5.41, 5.74) is 0.681. The molecule has 0 heterocycles. The van der Waals surface area contributed by atoms with E-state index in [1.807, 2.05) is 0 Å². The molecule has 0 unspecified atom stereocenters. The SMILES string of the molecule is CCCCCCCCCCNCC1(C(C)C)CC1. The Morgan fingerprint density at radius 3 is 1.94 bits per heavy atom. The Balaban J connectivity index is 1.79. The first-order chi connectivity index (χ1) is 8.71. The van der Waals surface area contributed by atoms with Crippen molar-refractivity contribution in [2.75, 3.05) is 13.1 Å². The summed E-state index contributed by atoms with van der Waals surface area (Å²) in [4.78, 5) is 0. The first-order valence-corrected chi connectivity index (χ1v) is 8.42. The molecule has 0 aromatic rings. The van der Waals surface area contributed by atoms with Gasteiger partial charge in [0.15, 0.2) is 0 Å². The maximum atomic E-state index is 3.68. The van der Waals surface area contributed by atoms with Gasteiger partial charge in [-0.25, -0.2) is 0 Å². The van der Waals surface area contributed by atoms with E-state index in [0.717, 1.165) is 5.92 Å². The molecule has 1 aliphatic rings. The summed E-state index contributed by atoms with van der Waals surface area (Å²) in [6, 6.07) is 0. The van der Waals surface area contributed by atoms with Crippen LogP contribution in [0.1, 0.15) is 85.0 Å². The average molecular weight is 253 g/mol. The standard InChI is InChI=1S/C17H35N/c1-4-5-6-7-8-9-10-11-14-18-15-17(12-13-17)16(2)3/h16,18H,4-15H2,1-3H3. The fourth-order valence-electron chi connectivity index (χ4n) is 2.84. The fourth-order valence-corrected chi connectivity index (χ4v) is 2.84. The van der Waals surface area contributed by atoms with E-state index in [1.165, 1.54) is 77.3 Å². The molecular weight excluding hydrogens is 218 g/mol. The van der Waals surface area contributed by atoms with Gasteiger partial charge in [0.25, 0.3) is 0 Å². The van der Waals surface area contributed by atoms with Crippen molar-refractivity contribution in [1.29, 1.82) is 0 Å². The molecule has 0 bridgehead atoms. The monoisotopic (exact) mass is 253 g/mol. The Kier molecular flexibility index (Phi) is 7.97. The second kappa shape index (κ2) is 8.96. The van der Waals surface area contributed by atoms with Gasteiger partial charge in [0.1, 0.15) is 0 Å². The second-order valence-electron chi connectivity index (χ2n) is 6.67. The average Bonchev–Trinajstić information content (AvgIpc) is 3.13. The summed E-state index contributed by atoms with van der Waals surface area (Å²) in [7, 11) is 0. The molecule has 0 aromatic heterocycles. The van der Waals surface area contributed by atoms with E-state index < -0.39 is 0 Å². The molecule has 0 radical (unpaired) electrons. The van der Waals surface area contributed by atoms with E-state index in [1.54, 1.807) is 0 Å². The molecule has 0 aromatic carbocycles. The lowest BCUT2D eigenvalue weighted by atomic mass is 9.92. The normalized spacial score (nSPS) is 17.3. The predicted molar refractivity (Wildman–Crippen MR) is 82.0 cm³/mol. The van der Waals surface area contributed by atoms with Gasteiger partial charge < -0.3 is 5.32 Å². The molecule has 108 valence electrons. The lowest BCUT2D eigenvalue weighted by Gasteiger charge is -2.20. The molecule has 0 spiro atoms. The molecule has 1 heteroatoms. The van der Waals surface area contributed by atoms with E-state index in [-0.39, 0.29) is 0 Å². The minimum atomic E-state index is 0.681. The van der Waals surface area contributed by atoms with Crippen molar-refractivity contribution >= 4 is 0 Å². The molecule has 18 heavy (non-hydrogen) atoms. The number of nitrogens with one attached hydrogen (secondary N) is 1. The van der Waals surface area contributed by atoms with Crippen LogP contribution in [0.4, 0.5) is 0 Å². The van der Waals surface area contributed by atoms with Crippen LogP contribution < -0.4 is 5.32 Å². The Morgan fingerprint density at radius 2 is 1.44 bits per heavy atom. The molecule has 0 saturated heterocycles. The van der Waals surface area contributed by atoms with Crippen LogP contribution in [0, 0.1) is 11.3 Å². The fraction of sp³-hybridized carbons (Fsp3) is 1.00. The van der Waals surface area contributed by atoms with Crippen LogP contribution in [-0.2, 0) is 0 Å². The molecule has 1 fully saturated rings. The van der Waals surface area contributed by atoms with Crippen molar-refractivity contribution in [3.05, 3.63) is 0 Å². The van der Waals surface area contributed by atoms with Crippen LogP contribution in [0.2, 0.25) is 0 Å². The Labute approximate surface area is 115 Å². The van der Waals surface area contributed by atoms with Gasteiger partial charge in [-0.2, -0.15) is 0 Å². The van der Waals surface area contributed by atoms with Crippen molar-refractivity contribution in [3.63, 3.8) is 0 Å². The first-order valence-electron chi connectivity index (χ1n) is 8.42. The van der Waals surface area contributed by atoms with Gasteiger partial charge in [-0.3, -0.25) is 0 Å². The molecule has 1 saturated carbocycles. The van der Waals surface area contributed by atoms with E-state index in [0.29, 0.717) is 5.41 Å². The van der Waals surface area contributed by atoms with Gasteiger partial charge in [0, 0.05) is 6.54 Å². The molecule has 0 amide bonds. The minimum Gasteiger partial charge on any atom is -0.316 e. The Bertz CT molecular complexity index is 194. The van der Waals surface area contributed by atoms with E-state index >= 15 is 0 Å². The van der Waals surface area contributed by atoms with Crippen LogP contribution in [0.25, 0.3) is 0 Å². The van der Waals surface area contributed by atoms with Gasteiger partial charge in [-0.15, -0.1) is 0 Å². The predicted octanol–water partition coefficient (Wildman–Crippen LogP) is 5.15. The summed E-state index contributed by atoms with van der Waals surface area (Å²) in [6.07, 6.45) is 14.3. The number of rotatable bonds is 12. The lowest BCUT2D eigenvalue weighted by Crippen LogP contribution is -2.28. The van der Waals surface area contributed by atoms with E-state index in [2.05, 4.69) is 26.1 Å². The summed E-state index contributed by atoms with van der Waals surface area (Å²) in [5.74, 6) is 0.864. The second-order valence-corrected chi connectivity index (χ2v) is 6.67. The van der Waals surface area contributed by atoms with Gasteiger partial charge in [-0.05, 0) is 37.1 Å². The van der Waals surface area contributed by atoms with E-state index in [9.17, 15) is 0 Å². The van der Waals surface area contributed by atoms with Gasteiger partial charge in [0.2, 0.25) is 0 Å². The zero-order valence-electron chi connectivity index (χ0n) is 13.1. The van der Waals surface area contributed by atoms with Crippen LogP contribution in [0.15, 0.2) is 0 Å². The Hall–Kier alpha value is -0.0400. The van der Waals surface area contributed by atoms with Crippen LogP contribution >= 0.6 is 0 Å². The maximum Gasteiger partial charge on any atom is 0.00103 e. The van der Waals surface area contributed by atoms with E-state index in [4.69, 9.17) is 0 Å². The molecule has 1 nitrogen and oxygen atoms in total. The van der Waals surface area contributed by atoms with Crippen molar-refractivity contribution in [2.45, 2.75) is 85.0 Å². The molecule has 1 aliphatic carbocycles. The summed E-state index contributed by atoms with van der Waals surface area (Å²) in [6.45, 7) is 9.55. The third-order valence-corrected chi connectivity index (χ3v) is 4.80. The molecule has 0 atom stereocenters. The summed E-state index contributed by atoms with van der Waals surface area (Å²) >= 11 is 0.